The number of allylic oxidation sites excluding steroid dienone is 2. The van der Waals surface area contributed by atoms with Gasteiger partial charge >= 0.3 is 0 Å². The number of ketones is 1. The van der Waals surface area contributed by atoms with E-state index in [1.54, 1.807) is 0 Å². The predicted octanol–water partition coefficient (Wildman–Crippen LogP) is 3.49. The fourth-order valence-corrected chi connectivity index (χ4v) is 4.02. The molecular formula is C14H20O. The van der Waals surface area contributed by atoms with Gasteiger partial charge in [0.2, 0.25) is 0 Å². The van der Waals surface area contributed by atoms with Gasteiger partial charge < -0.3 is 0 Å². The summed E-state index contributed by atoms with van der Waals surface area (Å²) in [4.78, 5) is 12.0. The second-order valence-corrected chi connectivity index (χ2v) is 5.53. The van der Waals surface area contributed by atoms with Gasteiger partial charge in [0.25, 0.3) is 0 Å². The van der Waals surface area contributed by atoms with Gasteiger partial charge in [-0.2, -0.15) is 0 Å². The average Bonchev–Trinajstić information content (AvgIpc) is 2.30. The van der Waals surface area contributed by atoms with Gasteiger partial charge in [-0.1, -0.05) is 24.8 Å². The zero-order valence-electron chi connectivity index (χ0n) is 9.37. The minimum absolute atomic E-state index is 0.408. The van der Waals surface area contributed by atoms with Gasteiger partial charge in [-0.15, -0.1) is 0 Å². The Hall–Kier alpha value is -0.590. The summed E-state index contributed by atoms with van der Waals surface area (Å²) in [7, 11) is 0. The van der Waals surface area contributed by atoms with E-state index in [-0.39, 0.29) is 0 Å². The molecule has 15 heavy (non-hydrogen) atoms. The predicted molar refractivity (Wildman–Crippen MR) is 60.5 cm³/mol. The second kappa shape index (κ2) is 3.77. The molecule has 0 N–H and O–H groups in total. The summed E-state index contributed by atoms with van der Waals surface area (Å²) >= 11 is 0. The lowest BCUT2D eigenvalue weighted by atomic mass is 9.62. The van der Waals surface area contributed by atoms with Gasteiger partial charge in [0.05, 0.1) is 0 Å². The fourth-order valence-electron chi connectivity index (χ4n) is 4.02. The van der Waals surface area contributed by atoms with E-state index in [0.717, 1.165) is 11.8 Å². The van der Waals surface area contributed by atoms with Gasteiger partial charge in [-0.25, -0.2) is 0 Å². The Morgan fingerprint density at radius 2 is 1.67 bits per heavy atom. The lowest BCUT2D eigenvalue weighted by Gasteiger charge is -2.42. The Kier molecular flexibility index (Phi) is 2.42. The summed E-state index contributed by atoms with van der Waals surface area (Å²) in [5, 5.41) is 0. The minimum Gasteiger partial charge on any atom is -0.295 e. The van der Waals surface area contributed by atoms with Gasteiger partial charge in [0.1, 0.15) is 0 Å². The Balaban J connectivity index is 1.91. The highest BCUT2D eigenvalue weighted by Gasteiger charge is 2.40. The number of rotatable bonds is 0. The Bertz CT molecular complexity index is 302. The molecule has 0 unspecified atom stereocenters. The molecule has 0 heterocycles. The molecular weight excluding hydrogens is 184 g/mol. The number of fused-ring (bicyclic) bond motifs is 3. The first kappa shape index (κ1) is 9.62. The molecule has 0 aromatic rings. The third-order valence-corrected chi connectivity index (χ3v) is 4.74. The van der Waals surface area contributed by atoms with Crippen molar-refractivity contribution in [1.29, 1.82) is 0 Å². The summed E-state index contributed by atoms with van der Waals surface area (Å²) in [5.41, 5.74) is 1.51. The fraction of sp³-hybridized carbons (Fsp3) is 0.786. The third-order valence-electron chi connectivity index (χ3n) is 4.74. The van der Waals surface area contributed by atoms with Crippen LogP contribution in [0.3, 0.4) is 0 Å². The van der Waals surface area contributed by atoms with Crippen molar-refractivity contribution < 1.29 is 4.79 Å². The lowest BCUT2D eigenvalue weighted by molar-refractivity contribution is -0.122. The third kappa shape index (κ3) is 1.56. The van der Waals surface area contributed by atoms with Crippen LogP contribution in [0.2, 0.25) is 0 Å². The molecule has 2 fully saturated rings. The van der Waals surface area contributed by atoms with E-state index < -0.39 is 0 Å². The van der Waals surface area contributed by atoms with Gasteiger partial charge in [-0.3, -0.25) is 4.79 Å². The van der Waals surface area contributed by atoms with Crippen LogP contribution in [-0.2, 0) is 4.79 Å². The smallest absolute Gasteiger partial charge is 0.159 e. The Labute approximate surface area is 91.9 Å². The Morgan fingerprint density at radius 1 is 0.933 bits per heavy atom. The van der Waals surface area contributed by atoms with Crippen molar-refractivity contribution in [2.45, 2.75) is 51.4 Å². The van der Waals surface area contributed by atoms with Crippen LogP contribution < -0.4 is 0 Å². The van der Waals surface area contributed by atoms with E-state index in [0.29, 0.717) is 11.7 Å². The maximum absolute atomic E-state index is 12.0. The van der Waals surface area contributed by atoms with E-state index in [1.165, 1.54) is 56.9 Å². The first-order chi connectivity index (χ1) is 7.36. The first-order valence-corrected chi connectivity index (χ1v) is 6.60. The molecule has 0 spiro atoms. The summed E-state index contributed by atoms with van der Waals surface area (Å²) < 4.78 is 0. The molecule has 1 heteroatoms. The van der Waals surface area contributed by atoms with Crippen LogP contribution in [0.1, 0.15) is 51.4 Å². The first-order valence-electron chi connectivity index (χ1n) is 6.60. The van der Waals surface area contributed by atoms with Crippen LogP contribution >= 0.6 is 0 Å². The summed E-state index contributed by atoms with van der Waals surface area (Å²) in [6.07, 6.45) is 12.4. The number of hydrogen-bond donors (Lipinski definition) is 0. The zero-order chi connectivity index (χ0) is 10.3. The molecule has 0 aliphatic heterocycles. The van der Waals surface area contributed by atoms with Crippen molar-refractivity contribution >= 4 is 5.78 Å². The molecule has 0 radical (unpaired) electrons. The standard InChI is InChI=1S/C14H20O/c15-14-9-10-5-1-2-6-11(10)12-7-3-4-8-13(12)14/h9,11-13H,1-8H2/t11-,12-,13+/m1/s1. The molecule has 3 aliphatic rings. The molecule has 3 aliphatic carbocycles. The highest BCUT2D eigenvalue weighted by atomic mass is 16.1. The number of hydrogen-bond acceptors (Lipinski definition) is 1. The average molecular weight is 204 g/mol. The maximum Gasteiger partial charge on any atom is 0.159 e. The molecule has 0 bridgehead atoms. The molecule has 0 amide bonds. The zero-order valence-corrected chi connectivity index (χ0v) is 9.37. The Morgan fingerprint density at radius 3 is 2.60 bits per heavy atom. The summed E-state index contributed by atoms with van der Waals surface area (Å²) in [5.74, 6) is 2.40. The monoisotopic (exact) mass is 204 g/mol. The van der Waals surface area contributed by atoms with E-state index in [9.17, 15) is 4.79 Å². The normalized spacial score (nSPS) is 40.4. The van der Waals surface area contributed by atoms with Crippen molar-refractivity contribution in [2.24, 2.45) is 17.8 Å². The highest BCUT2D eigenvalue weighted by Crippen LogP contribution is 2.47. The molecule has 0 aromatic heterocycles. The summed E-state index contributed by atoms with van der Waals surface area (Å²) in [6.45, 7) is 0. The van der Waals surface area contributed by atoms with Crippen LogP contribution in [-0.4, -0.2) is 5.78 Å². The maximum atomic E-state index is 12.0. The van der Waals surface area contributed by atoms with E-state index in [2.05, 4.69) is 0 Å². The lowest BCUT2D eigenvalue weighted by Crippen LogP contribution is -2.37. The largest absolute Gasteiger partial charge is 0.295 e. The second-order valence-electron chi connectivity index (χ2n) is 5.53. The van der Waals surface area contributed by atoms with E-state index in [4.69, 9.17) is 0 Å². The van der Waals surface area contributed by atoms with Gasteiger partial charge in [0.15, 0.2) is 5.78 Å². The van der Waals surface area contributed by atoms with Crippen LogP contribution in [0.4, 0.5) is 0 Å². The molecule has 82 valence electrons. The van der Waals surface area contributed by atoms with Crippen LogP contribution in [0.15, 0.2) is 11.6 Å². The van der Waals surface area contributed by atoms with Crippen molar-refractivity contribution in [3.05, 3.63) is 11.6 Å². The molecule has 3 rings (SSSR count). The molecule has 1 nitrogen and oxygen atoms in total. The number of carbonyl (C=O) groups is 1. The van der Waals surface area contributed by atoms with Crippen LogP contribution in [0.5, 0.6) is 0 Å². The number of carbonyl (C=O) groups excluding carboxylic acids is 1. The van der Waals surface area contributed by atoms with E-state index >= 15 is 0 Å². The van der Waals surface area contributed by atoms with Gasteiger partial charge in [-0.05, 0) is 50.0 Å². The minimum atomic E-state index is 0.408. The topological polar surface area (TPSA) is 17.1 Å². The molecule has 3 atom stereocenters. The van der Waals surface area contributed by atoms with Crippen molar-refractivity contribution in [2.75, 3.05) is 0 Å². The molecule has 2 saturated carbocycles. The van der Waals surface area contributed by atoms with E-state index in [1.807, 2.05) is 6.08 Å². The van der Waals surface area contributed by atoms with Crippen molar-refractivity contribution in [1.82, 2.24) is 0 Å². The quantitative estimate of drug-likeness (QED) is 0.590. The SMILES string of the molecule is O=C1C=C2CCCC[C@H]2[C@H]2CCCC[C@H]12. The highest BCUT2D eigenvalue weighted by molar-refractivity contribution is 5.93. The van der Waals surface area contributed by atoms with Crippen molar-refractivity contribution in [3.8, 4) is 0 Å². The molecule has 0 aromatic carbocycles. The molecule has 0 saturated heterocycles. The van der Waals surface area contributed by atoms with Crippen molar-refractivity contribution in [3.63, 3.8) is 0 Å². The van der Waals surface area contributed by atoms with Crippen LogP contribution in [0.25, 0.3) is 0 Å². The summed E-state index contributed by atoms with van der Waals surface area (Å²) in [6, 6.07) is 0. The van der Waals surface area contributed by atoms with Gasteiger partial charge in [0, 0.05) is 5.92 Å². The van der Waals surface area contributed by atoms with Crippen LogP contribution in [0, 0.1) is 17.8 Å².